The van der Waals surface area contributed by atoms with Gasteiger partial charge < -0.3 is 15.4 Å². The van der Waals surface area contributed by atoms with E-state index in [2.05, 4.69) is 41.0 Å². The van der Waals surface area contributed by atoms with Crippen LogP contribution in [-0.2, 0) is 4.74 Å². The maximum atomic E-state index is 12.2. The molecule has 3 N–H and O–H groups in total. The molecule has 0 aromatic heterocycles. The van der Waals surface area contributed by atoms with Crippen molar-refractivity contribution < 1.29 is 14.8 Å². The Hall–Kier alpha value is -2.84. The Morgan fingerprint density at radius 2 is 1.87 bits per heavy atom. The van der Waals surface area contributed by atoms with Crippen LogP contribution < -0.4 is 10.6 Å². The van der Waals surface area contributed by atoms with E-state index in [4.69, 9.17) is 10.00 Å². The molecule has 1 heterocycles. The Balaban J connectivity index is 1.77. The molecule has 0 bridgehead atoms. The topological polar surface area (TPSA) is 78.7 Å². The first kappa shape index (κ1) is 21.9. The van der Waals surface area contributed by atoms with Crippen LogP contribution in [0.15, 0.2) is 48.5 Å². The zero-order valence-corrected chi connectivity index (χ0v) is 18.2. The Kier molecular flexibility index (Phi) is 7.12. The second-order valence-electron chi connectivity index (χ2n) is 9.01. The normalized spacial score (nSPS) is 15.8. The van der Waals surface area contributed by atoms with E-state index in [0.717, 1.165) is 37.1 Å². The van der Waals surface area contributed by atoms with Gasteiger partial charge in [0.25, 0.3) is 0 Å². The minimum absolute atomic E-state index is 0.255. The zero-order valence-electron chi connectivity index (χ0n) is 18.2. The predicted octanol–water partition coefficient (Wildman–Crippen LogP) is 3.81. The van der Waals surface area contributed by atoms with Crippen molar-refractivity contribution in [3.63, 3.8) is 0 Å². The fourth-order valence-corrected chi connectivity index (χ4v) is 4.11. The van der Waals surface area contributed by atoms with Crippen LogP contribution >= 0.6 is 0 Å². The lowest BCUT2D eigenvalue weighted by atomic mass is 9.80. The van der Waals surface area contributed by atoms with Gasteiger partial charge in [0, 0.05) is 25.3 Å². The van der Waals surface area contributed by atoms with Gasteiger partial charge in [-0.05, 0) is 55.5 Å². The number of benzene rings is 2. The molecule has 5 nitrogen and oxygen atoms in total. The molecule has 0 radical (unpaired) electrons. The van der Waals surface area contributed by atoms with Crippen LogP contribution in [-0.4, -0.2) is 31.3 Å². The lowest BCUT2D eigenvalue weighted by molar-refractivity contribution is -0.665. The highest BCUT2D eigenvalue weighted by atomic mass is 16.6. The Bertz CT molecular complexity index is 888. The van der Waals surface area contributed by atoms with E-state index >= 15 is 0 Å². The minimum atomic E-state index is -0.501. The molecule has 0 spiro atoms. The maximum Gasteiger partial charge on any atom is 0.407 e. The van der Waals surface area contributed by atoms with E-state index in [0.29, 0.717) is 18.0 Å². The van der Waals surface area contributed by atoms with E-state index in [9.17, 15) is 4.79 Å². The molecule has 1 saturated heterocycles. The van der Waals surface area contributed by atoms with Gasteiger partial charge in [-0.1, -0.05) is 36.4 Å². The highest BCUT2D eigenvalue weighted by molar-refractivity contribution is 5.68. The standard InChI is InChI=1S/C25H31N3O2/c1-25(2,3)30-24(29)28-17-23(21-11-13-27-14-12-21)20-9-7-19(8-10-20)22-6-4-5-18(15-22)16-26/h4-10,15,21,23,27H,11-14,17H2,1-3H3,(H,28,29)/p+1. The maximum absolute atomic E-state index is 12.2. The summed E-state index contributed by atoms with van der Waals surface area (Å²) in [5.74, 6) is 0.795. The fourth-order valence-electron chi connectivity index (χ4n) is 4.11. The molecule has 0 saturated carbocycles. The number of ether oxygens (including phenoxy) is 1. The number of carbonyl (C=O) groups excluding carboxylic acids is 1. The Labute approximate surface area is 179 Å². The second kappa shape index (κ2) is 9.77. The molecule has 1 atom stereocenters. The van der Waals surface area contributed by atoms with Crippen LogP contribution in [0.5, 0.6) is 0 Å². The van der Waals surface area contributed by atoms with Gasteiger partial charge in [0.2, 0.25) is 0 Å². The number of carbonyl (C=O) groups is 1. The van der Waals surface area contributed by atoms with E-state index in [1.54, 1.807) is 0 Å². The van der Waals surface area contributed by atoms with Crippen LogP contribution in [0.1, 0.15) is 50.7 Å². The number of hydrogen-bond acceptors (Lipinski definition) is 3. The predicted molar refractivity (Wildman–Crippen MR) is 118 cm³/mol. The summed E-state index contributed by atoms with van der Waals surface area (Å²) in [6, 6.07) is 18.4. The van der Waals surface area contributed by atoms with Crippen molar-refractivity contribution >= 4 is 6.09 Å². The van der Waals surface area contributed by atoms with Crippen LogP contribution in [0.3, 0.4) is 0 Å². The van der Waals surface area contributed by atoms with Gasteiger partial charge in [0.15, 0.2) is 0 Å². The molecule has 1 unspecified atom stereocenters. The SMILES string of the molecule is CC(C)(C)OC(=O)NCC(c1ccc(-c2cccc(C#N)c2)cc1)C1CC[NH2+]CC1. The van der Waals surface area contributed by atoms with Crippen molar-refractivity contribution in [1.82, 2.24) is 5.32 Å². The van der Waals surface area contributed by atoms with Crippen LogP contribution in [0.2, 0.25) is 0 Å². The van der Waals surface area contributed by atoms with Crippen molar-refractivity contribution in [2.45, 2.75) is 45.1 Å². The first-order chi connectivity index (χ1) is 14.4. The lowest BCUT2D eigenvalue weighted by Crippen LogP contribution is -2.86. The number of nitrogens with two attached hydrogens (primary N) is 1. The number of hydrogen-bond donors (Lipinski definition) is 2. The molecule has 2 aromatic carbocycles. The number of quaternary nitrogens is 1. The summed E-state index contributed by atoms with van der Waals surface area (Å²) < 4.78 is 5.43. The molecular formula is C25H32N3O2+. The average Bonchev–Trinajstić information content (AvgIpc) is 2.74. The fraction of sp³-hybridized carbons (Fsp3) is 0.440. The van der Waals surface area contributed by atoms with Crippen LogP contribution in [0.4, 0.5) is 4.79 Å². The summed E-state index contributed by atoms with van der Waals surface area (Å²) in [5.41, 5.74) is 3.52. The first-order valence-corrected chi connectivity index (χ1v) is 10.7. The van der Waals surface area contributed by atoms with Gasteiger partial charge in [0.1, 0.15) is 5.60 Å². The highest BCUT2D eigenvalue weighted by Gasteiger charge is 2.27. The average molecular weight is 407 g/mol. The van der Waals surface area contributed by atoms with Gasteiger partial charge in [-0.25, -0.2) is 4.79 Å². The van der Waals surface area contributed by atoms with Crippen molar-refractivity contribution in [2.75, 3.05) is 19.6 Å². The molecular weight excluding hydrogens is 374 g/mol. The monoisotopic (exact) mass is 406 g/mol. The molecule has 1 amide bonds. The van der Waals surface area contributed by atoms with Crippen LogP contribution in [0.25, 0.3) is 11.1 Å². The molecule has 5 heteroatoms. The van der Waals surface area contributed by atoms with Gasteiger partial charge in [-0.15, -0.1) is 0 Å². The van der Waals surface area contributed by atoms with E-state index in [-0.39, 0.29) is 12.0 Å². The molecule has 2 aromatic rings. The van der Waals surface area contributed by atoms with Crippen molar-refractivity contribution in [3.05, 3.63) is 59.7 Å². The van der Waals surface area contributed by atoms with Crippen molar-refractivity contribution in [2.24, 2.45) is 5.92 Å². The number of nitrogens with one attached hydrogen (secondary N) is 1. The van der Waals surface area contributed by atoms with E-state index < -0.39 is 5.60 Å². The minimum Gasteiger partial charge on any atom is -0.444 e. The first-order valence-electron chi connectivity index (χ1n) is 10.7. The molecule has 1 aliphatic heterocycles. The third kappa shape index (κ3) is 6.08. The Morgan fingerprint density at radius 1 is 1.17 bits per heavy atom. The summed E-state index contributed by atoms with van der Waals surface area (Å²) in [4.78, 5) is 12.2. The number of piperidine rings is 1. The summed E-state index contributed by atoms with van der Waals surface area (Å²) in [5, 5.41) is 14.5. The van der Waals surface area contributed by atoms with Crippen LogP contribution in [0, 0.1) is 17.2 Å². The van der Waals surface area contributed by atoms with E-state index in [1.807, 2.05) is 45.0 Å². The van der Waals surface area contributed by atoms with Gasteiger partial charge >= 0.3 is 6.09 Å². The number of nitriles is 1. The van der Waals surface area contributed by atoms with Crippen molar-refractivity contribution in [3.8, 4) is 17.2 Å². The quantitative estimate of drug-likeness (QED) is 0.793. The van der Waals surface area contributed by atoms with Gasteiger partial charge in [-0.2, -0.15) is 5.26 Å². The molecule has 1 aliphatic rings. The highest BCUT2D eigenvalue weighted by Crippen LogP contribution is 2.31. The second-order valence-corrected chi connectivity index (χ2v) is 9.01. The third-order valence-corrected chi connectivity index (χ3v) is 5.58. The van der Waals surface area contributed by atoms with Gasteiger partial charge in [-0.3, -0.25) is 0 Å². The number of nitrogens with zero attached hydrogens (tertiary/aromatic N) is 1. The largest absolute Gasteiger partial charge is 0.444 e. The zero-order chi connectivity index (χ0) is 21.6. The number of alkyl carbamates (subject to hydrolysis) is 1. The van der Waals surface area contributed by atoms with E-state index in [1.165, 1.54) is 5.56 Å². The molecule has 1 fully saturated rings. The summed E-state index contributed by atoms with van der Waals surface area (Å²) in [7, 11) is 0. The lowest BCUT2D eigenvalue weighted by Gasteiger charge is -2.30. The number of rotatable bonds is 5. The number of amides is 1. The van der Waals surface area contributed by atoms with Crippen molar-refractivity contribution in [1.29, 1.82) is 5.26 Å². The summed E-state index contributed by atoms with van der Waals surface area (Å²) >= 11 is 0. The smallest absolute Gasteiger partial charge is 0.407 e. The summed E-state index contributed by atoms with van der Waals surface area (Å²) in [6.07, 6.45) is 1.93. The third-order valence-electron chi connectivity index (χ3n) is 5.58. The molecule has 30 heavy (non-hydrogen) atoms. The molecule has 0 aliphatic carbocycles. The Morgan fingerprint density at radius 3 is 2.50 bits per heavy atom. The van der Waals surface area contributed by atoms with Gasteiger partial charge in [0.05, 0.1) is 24.7 Å². The molecule has 158 valence electrons. The molecule has 3 rings (SSSR count). The summed E-state index contributed by atoms with van der Waals surface area (Å²) in [6.45, 7) is 8.46.